The van der Waals surface area contributed by atoms with E-state index in [1.165, 1.54) is 6.92 Å². The molecule has 6 atom stereocenters. The van der Waals surface area contributed by atoms with E-state index in [1.54, 1.807) is 26.0 Å². The second-order valence-corrected chi connectivity index (χ2v) is 11.3. The van der Waals surface area contributed by atoms with Crippen LogP contribution >= 0.6 is 31.9 Å². The number of Topliss-reactive ketones (excluding diaryl/α,β-unsaturated/α-hetero) is 1. The number of carbonyl (C=O) groups is 5. The molecule has 0 aromatic carbocycles. The van der Waals surface area contributed by atoms with Crippen molar-refractivity contribution < 1.29 is 38.2 Å². The number of rotatable bonds is 10. The van der Waals surface area contributed by atoms with Gasteiger partial charge in [0.15, 0.2) is 0 Å². The SMILES string of the molecule is CC(Br)C(=O)OCC(C)(COC(=O)C(C)Br)C(=O)CCN1C(=O)C2C3C=CC(O3)C2C1=O. The van der Waals surface area contributed by atoms with Gasteiger partial charge < -0.3 is 14.2 Å². The first-order chi connectivity index (χ1) is 15.0. The standard InChI is InChI=1S/C21H25Br2NO8/c1-10(22)19(28)30-8-21(3,9-31-20(29)11(2)23)14(25)6-7-24-17(26)15-12-4-5-13(32-12)16(15)18(24)27/h4-5,10-13,15-16H,6-9H2,1-3H3. The molecule has 9 nitrogen and oxygen atoms in total. The Bertz CT molecular complexity index is 801. The molecular formula is C21H25Br2NO8. The van der Waals surface area contributed by atoms with Crippen LogP contribution in [0.1, 0.15) is 27.2 Å². The molecule has 0 aromatic rings. The molecule has 2 fully saturated rings. The molecule has 0 spiro atoms. The van der Waals surface area contributed by atoms with Crippen LogP contribution in [0.25, 0.3) is 0 Å². The number of ether oxygens (including phenoxy) is 3. The molecule has 0 radical (unpaired) electrons. The van der Waals surface area contributed by atoms with Gasteiger partial charge in [-0.25, -0.2) is 0 Å². The fraction of sp³-hybridized carbons (Fsp3) is 0.667. The summed E-state index contributed by atoms with van der Waals surface area (Å²) in [6, 6.07) is 0. The third-order valence-electron chi connectivity index (χ3n) is 5.95. The lowest BCUT2D eigenvalue weighted by molar-refractivity contribution is -0.156. The Morgan fingerprint density at radius 3 is 1.84 bits per heavy atom. The van der Waals surface area contributed by atoms with Gasteiger partial charge in [-0.2, -0.15) is 0 Å². The Labute approximate surface area is 202 Å². The molecule has 2 bridgehead atoms. The van der Waals surface area contributed by atoms with Crippen molar-refractivity contribution in [3.05, 3.63) is 12.2 Å². The number of fused-ring (bicyclic) bond motifs is 5. The number of esters is 2. The first-order valence-corrected chi connectivity index (χ1v) is 12.1. The van der Waals surface area contributed by atoms with Crippen molar-refractivity contribution in [3.63, 3.8) is 0 Å². The van der Waals surface area contributed by atoms with Crippen LogP contribution in [0.5, 0.6) is 0 Å². The average molecular weight is 579 g/mol. The molecule has 2 saturated heterocycles. The lowest BCUT2D eigenvalue weighted by Gasteiger charge is -2.28. The van der Waals surface area contributed by atoms with Gasteiger partial charge >= 0.3 is 11.9 Å². The normalized spacial score (nSPS) is 29.5. The summed E-state index contributed by atoms with van der Waals surface area (Å²) in [6.07, 6.45) is 2.63. The molecule has 2 amide bonds. The summed E-state index contributed by atoms with van der Waals surface area (Å²) in [5.74, 6) is -3.29. The molecule has 3 aliphatic heterocycles. The zero-order valence-electron chi connectivity index (χ0n) is 17.9. The monoisotopic (exact) mass is 577 g/mol. The maximum absolute atomic E-state index is 13.1. The van der Waals surface area contributed by atoms with E-state index >= 15 is 0 Å². The number of ketones is 1. The minimum atomic E-state index is -1.33. The molecule has 3 aliphatic rings. The molecule has 6 unspecified atom stereocenters. The van der Waals surface area contributed by atoms with Gasteiger partial charge in [0.2, 0.25) is 11.8 Å². The third kappa shape index (κ3) is 4.84. The van der Waals surface area contributed by atoms with Gasteiger partial charge in [0.25, 0.3) is 0 Å². The summed E-state index contributed by atoms with van der Waals surface area (Å²) in [7, 11) is 0. The second kappa shape index (κ2) is 9.72. The fourth-order valence-corrected chi connectivity index (χ4v) is 4.26. The van der Waals surface area contributed by atoms with E-state index in [2.05, 4.69) is 31.9 Å². The van der Waals surface area contributed by atoms with Crippen molar-refractivity contribution in [1.82, 2.24) is 4.90 Å². The maximum atomic E-state index is 13.1. The van der Waals surface area contributed by atoms with Gasteiger partial charge in [0.05, 0.1) is 29.5 Å². The molecule has 0 aliphatic carbocycles. The van der Waals surface area contributed by atoms with Crippen LogP contribution in [0.3, 0.4) is 0 Å². The van der Waals surface area contributed by atoms with E-state index in [0.717, 1.165) is 4.90 Å². The summed E-state index contributed by atoms with van der Waals surface area (Å²) < 4.78 is 16.0. The molecule has 3 heterocycles. The second-order valence-electron chi connectivity index (χ2n) is 8.51. The topological polar surface area (TPSA) is 116 Å². The Hall–Kier alpha value is -1.59. The Morgan fingerprint density at radius 1 is 1.00 bits per heavy atom. The summed E-state index contributed by atoms with van der Waals surface area (Å²) >= 11 is 6.21. The van der Waals surface area contributed by atoms with Crippen molar-refractivity contribution in [2.45, 2.75) is 49.1 Å². The number of nitrogens with zero attached hydrogens (tertiary/aromatic N) is 1. The Kier molecular flexibility index (Phi) is 7.61. The summed E-state index contributed by atoms with van der Waals surface area (Å²) in [6.45, 7) is 3.99. The zero-order valence-corrected chi connectivity index (χ0v) is 21.1. The molecule has 0 saturated carbocycles. The molecular weight excluding hydrogens is 554 g/mol. The number of carbonyl (C=O) groups excluding carboxylic acids is 5. The molecule has 11 heteroatoms. The minimum Gasteiger partial charge on any atom is -0.464 e. The number of hydrogen-bond donors (Lipinski definition) is 0. The predicted octanol–water partition coefficient (Wildman–Crippen LogP) is 1.54. The zero-order chi connectivity index (χ0) is 23.8. The van der Waals surface area contributed by atoms with Crippen LogP contribution < -0.4 is 0 Å². The van der Waals surface area contributed by atoms with Crippen LogP contribution in [0.4, 0.5) is 0 Å². The van der Waals surface area contributed by atoms with E-state index in [9.17, 15) is 24.0 Å². The van der Waals surface area contributed by atoms with Crippen molar-refractivity contribution in [3.8, 4) is 0 Å². The predicted molar refractivity (Wildman–Crippen MR) is 118 cm³/mol. The Morgan fingerprint density at radius 2 is 1.44 bits per heavy atom. The highest BCUT2D eigenvalue weighted by Crippen LogP contribution is 2.45. The van der Waals surface area contributed by atoms with Gasteiger partial charge in [0, 0.05) is 13.0 Å². The number of amides is 2. The molecule has 0 N–H and O–H groups in total. The minimum absolute atomic E-state index is 0.0931. The first kappa shape index (κ1) is 25.0. The first-order valence-electron chi connectivity index (χ1n) is 10.3. The molecule has 0 aromatic heterocycles. The van der Waals surface area contributed by atoms with Crippen LogP contribution in [-0.4, -0.2) is 76.1 Å². The highest BCUT2D eigenvalue weighted by molar-refractivity contribution is 9.10. The number of imide groups is 1. The van der Waals surface area contributed by atoms with Crippen molar-refractivity contribution in [2.24, 2.45) is 17.3 Å². The number of likely N-dealkylation sites (tertiary alicyclic amines) is 1. The highest BCUT2D eigenvalue weighted by atomic mass is 79.9. The average Bonchev–Trinajstić information content (AvgIpc) is 3.42. The van der Waals surface area contributed by atoms with Gasteiger partial charge in [-0.05, 0) is 20.8 Å². The lowest BCUT2D eigenvalue weighted by Crippen LogP contribution is -2.43. The van der Waals surface area contributed by atoms with Gasteiger partial charge in [-0.1, -0.05) is 44.0 Å². The van der Waals surface area contributed by atoms with Gasteiger partial charge in [0.1, 0.15) is 28.7 Å². The lowest BCUT2D eigenvalue weighted by atomic mass is 9.85. The fourth-order valence-electron chi connectivity index (χ4n) is 3.99. The van der Waals surface area contributed by atoms with Crippen LogP contribution in [0, 0.1) is 17.3 Å². The number of alkyl halides is 2. The van der Waals surface area contributed by atoms with Crippen LogP contribution in [0.15, 0.2) is 12.2 Å². The Balaban J connectivity index is 1.65. The summed E-state index contributed by atoms with van der Waals surface area (Å²) in [4.78, 5) is 62.3. The maximum Gasteiger partial charge on any atom is 0.319 e. The van der Waals surface area contributed by atoms with E-state index < -0.39 is 56.8 Å². The highest BCUT2D eigenvalue weighted by Gasteiger charge is 2.60. The summed E-state index contributed by atoms with van der Waals surface area (Å²) in [5, 5.41) is 0. The van der Waals surface area contributed by atoms with Gasteiger partial charge in [-0.15, -0.1) is 0 Å². The smallest absolute Gasteiger partial charge is 0.319 e. The van der Waals surface area contributed by atoms with Crippen LogP contribution in [-0.2, 0) is 38.2 Å². The van der Waals surface area contributed by atoms with Gasteiger partial charge in [-0.3, -0.25) is 28.9 Å². The van der Waals surface area contributed by atoms with E-state index in [4.69, 9.17) is 14.2 Å². The van der Waals surface area contributed by atoms with E-state index in [-0.39, 0.29) is 38.0 Å². The quantitative estimate of drug-likeness (QED) is 0.166. The van der Waals surface area contributed by atoms with E-state index in [1.807, 2.05) is 0 Å². The van der Waals surface area contributed by atoms with Crippen molar-refractivity contribution in [1.29, 1.82) is 0 Å². The summed E-state index contributed by atoms with van der Waals surface area (Å²) in [5.41, 5.74) is -1.33. The number of hydrogen-bond acceptors (Lipinski definition) is 8. The molecule has 32 heavy (non-hydrogen) atoms. The molecule has 176 valence electrons. The van der Waals surface area contributed by atoms with E-state index in [0.29, 0.717) is 0 Å². The number of halogens is 2. The molecule has 3 rings (SSSR count). The van der Waals surface area contributed by atoms with Crippen LogP contribution in [0.2, 0.25) is 0 Å². The van der Waals surface area contributed by atoms with Crippen molar-refractivity contribution in [2.75, 3.05) is 19.8 Å². The third-order valence-corrected chi connectivity index (χ3v) is 6.70. The van der Waals surface area contributed by atoms with Crippen molar-refractivity contribution >= 4 is 61.4 Å². The largest absolute Gasteiger partial charge is 0.464 e.